The highest BCUT2D eigenvalue weighted by molar-refractivity contribution is 5.37. The van der Waals surface area contributed by atoms with Crippen molar-refractivity contribution in [2.24, 2.45) is 0 Å². The van der Waals surface area contributed by atoms with E-state index in [9.17, 15) is 0 Å². The van der Waals surface area contributed by atoms with Crippen molar-refractivity contribution in [3.63, 3.8) is 0 Å². The molecule has 0 heterocycles. The average Bonchev–Trinajstić information content (AvgIpc) is 2.61. The highest BCUT2D eigenvalue weighted by atomic mass is 16.3. The predicted octanol–water partition coefficient (Wildman–Crippen LogP) is 2.34. The van der Waals surface area contributed by atoms with Gasteiger partial charge in [0.15, 0.2) is 0 Å². The number of aliphatic hydroxyl groups is 1. The quantitative estimate of drug-likeness (QED) is 0.814. The van der Waals surface area contributed by atoms with Crippen LogP contribution in [0.1, 0.15) is 42.5 Å². The number of nitrogens with one attached hydrogen (secondary N) is 1. The third-order valence-electron chi connectivity index (χ3n) is 3.43. The summed E-state index contributed by atoms with van der Waals surface area (Å²) in [6, 6.07) is 7.62. The molecule has 0 saturated heterocycles. The fourth-order valence-corrected chi connectivity index (χ4v) is 2.52. The van der Waals surface area contributed by atoms with Crippen molar-refractivity contribution in [1.29, 1.82) is 0 Å². The SMILES string of the molecule is Cc1ccc2c(c1)C(N[C@H](C)CCO)CC2. The summed E-state index contributed by atoms with van der Waals surface area (Å²) in [6.45, 7) is 4.55. The predicted molar refractivity (Wildman–Crippen MR) is 66.5 cm³/mol. The Hall–Kier alpha value is -0.860. The largest absolute Gasteiger partial charge is 0.396 e. The van der Waals surface area contributed by atoms with E-state index < -0.39 is 0 Å². The molecule has 2 heteroatoms. The van der Waals surface area contributed by atoms with Crippen LogP contribution in [0.25, 0.3) is 0 Å². The van der Waals surface area contributed by atoms with Crippen LogP contribution in [-0.4, -0.2) is 17.8 Å². The van der Waals surface area contributed by atoms with Gasteiger partial charge in [-0.05, 0) is 44.2 Å². The van der Waals surface area contributed by atoms with Crippen LogP contribution < -0.4 is 5.32 Å². The third-order valence-corrected chi connectivity index (χ3v) is 3.43. The maximum absolute atomic E-state index is 8.91. The maximum Gasteiger partial charge on any atom is 0.0445 e. The molecule has 2 atom stereocenters. The molecule has 2 rings (SSSR count). The molecule has 1 unspecified atom stereocenters. The zero-order valence-corrected chi connectivity index (χ0v) is 10.2. The maximum atomic E-state index is 8.91. The second-order valence-electron chi connectivity index (χ2n) is 4.87. The molecule has 0 fully saturated rings. The van der Waals surface area contributed by atoms with Crippen LogP contribution in [0.15, 0.2) is 18.2 Å². The molecular formula is C14H21NO. The van der Waals surface area contributed by atoms with Crippen LogP contribution in [0, 0.1) is 6.92 Å². The Morgan fingerprint density at radius 2 is 2.31 bits per heavy atom. The van der Waals surface area contributed by atoms with E-state index in [4.69, 9.17) is 5.11 Å². The third kappa shape index (κ3) is 2.45. The topological polar surface area (TPSA) is 32.3 Å². The number of aryl methyl sites for hydroxylation is 2. The summed E-state index contributed by atoms with van der Waals surface area (Å²) in [5.41, 5.74) is 4.28. The molecule has 2 N–H and O–H groups in total. The summed E-state index contributed by atoms with van der Waals surface area (Å²) in [5, 5.41) is 12.5. The molecule has 88 valence electrons. The van der Waals surface area contributed by atoms with Crippen LogP contribution >= 0.6 is 0 Å². The zero-order valence-electron chi connectivity index (χ0n) is 10.2. The van der Waals surface area contributed by atoms with Crippen LogP contribution in [0.3, 0.4) is 0 Å². The normalized spacial score (nSPS) is 20.8. The Morgan fingerprint density at radius 3 is 3.06 bits per heavy atom. The first-order valence-electron chi connectivity index (χ1n) is 6.17. The Balaban J connectivity index is 2.08. The lowest BCUT2D eigenvalue weighted by Gasteiger charge is -2.20. The molecule has 1 aromatic carbocycles. The molecule has 0 bridgehead atoms. The van der Waals surface area contributed by atoms with Crippen LogP contribution in [-0.2, 0) is 6.42 Å². The number of hydrogen-bond acceptors (Lipinski definition) is 2. The fraction of sp³-hybridized carbons (Fsp3) is 0.571. The molecule has 1 aliphatic rings. The van der Waals surface area contributed by atoms with Gasteiger partial charge < -0.3 is 10.4 Å². The summed E-state index contributed by atoms with van der Waals surface area (Å²) < 4.78 is 0. The van der Waals surface area contributed by atoms with E-state index in [0.29, 0.717) is 12.1 Å². The Kier molecular flexibility index (Phi) is 3.62. The van der Waals surface area contributed by atoms with Gasteiger partial charge in [-0.25, -0.2) is 0 Å². The fourth-order valence-electron chi connectivity index (χ4n) is 2.52. The second-order valence-corrected chi connectivity index (χ2v) is 4.87. The van der Waals surface area contributed by atoms with Gasteiger partial charge in [0.05, 0.1) is 0 Å². The van der Waals surface area contributed by atoms with Crippen molar-refractivity contribution < 1.29 is 5.11 Å². The molecule has 0 amide bonds. The van der Waals surface area contributed by atoms with Gasteiger partial charge in [-0.3, -0.25) is 0 Å². The van der Waals surface area contributed by atoms with Crippen LogP contribution in [0.2, 0.25) is 0 Å². The van der Waals surface area contributed by atoms with Gasteiger partial charge in [0.1, 0.15) is 0 Å². The van der Waals surface area contributed by atoms with Crippen molar-refractivity contribution in [1.82, 2.24) is 5.32 Å². The van der Waals surface area contributed by atoms with Gasteiger partial charge in [0.25, 0.3) is 0 Å². The Labute approximate surface area is 97.7 Å². The summed E-state index contributed by atoms with van der Waals surface area (Å²) in [5.74, 6) is 0. The molecule has 0 spiro atoms. The van der Waals surface area contributed by atoms with Gasteiger partial charge in [-0.1, -0.05) is 23.8 Å². The van der Waals surface area contributed by atoms with Crippen molar-refractivity contribution in [2.45, 2.75) is 45.2 Å². The average molecular weight is 219 g/mol. The first-order valence-corrected chi connectivity index (χ1v) is 6.17. The van der Waals surface area contributed by atoms with Crippen molar-refractivity contribution in [3.05, 3.63) is 34.9 Å². The lowest BCUT2D eigenvalue weighted by atomic mass is 10.0. The van der Waals surface area contributed by atoms with Crippen LogP contribution in [0.4, 0.5) is 0 Å². The van der Waals surface area contributed by atoms with Gasteiger partial charge in [0, 0.05) is 18.7 Å². The summed E-state index contributed by atoms with van der Waals surface area (Å²) in [4.78, 5) is 0. The first kappa shape index (κ1) is 11.6. The monoisotopic (exact) mass is 219 g/mol. The molecule has 0 aliphatic heterocycles. The highest BCUT2D eigenvalue weighted by Crippen LogP contribution is 2.32. The van der Waals surface area contributed by atoms with E-state index >= 15 is 0 Å². The minimum atomic E-state index is 0.265. The number of aliphatic hydroxyl groups excluding tert-OH is 1. The molecule has 0 aromatic heterocycles. The van der Waals surface area contributed by atoms with E-state index in [1.54, 1.807) is 0 Å². The van der Waals surface area contributed by atoms with E-state index in [0.717, 1.165) is 6.42 Å². The van der Waals surface area contributed by atoms with E-state index in [-0.39, 0.29) is 6.61 Å². The smallest absolute Gasteiger partial charge is 0.0445 e. The number of benzene rings is 1. The van der Waals surface area contributed by atoms with Crippen molar-refractivity contribution in [2.75, 3.05) is 6.61 Å². The lowest BCUT2D eigenvalue weighted by Crippen LogP contribution is -2.30. The van der Waals surface area contributed by atoms with E-state index in [2.05, 4.69) is 37.4 Å². The first-order chi connectivity index (χ1) is 7.70. The number of fused-ring (bicyclic) bond motifs is 1. The summed E-state index contributed by atoms with van der Waals surface area (Å²) >= 11 is 0. The lowest BCUT2D eigenvalue weighted by molar-refractivity contribution is 0.263. The zero-order chi connectivity index (χ0) is 11.5. The van der Waals surface area contributed by atoms with E-state index in [1.807, 2.05) is 0 Å². The van der Waals surface area contributed by atoms with Gasteiger partial charge in [-0.2, -0.15) is 0 Å². The van der Waals surface area contributed by atoms with Crippen molar-refractivity contribution in [3.8, 4) is 0 Å². The number of hydrogen-bond donors (Lipinski definition) is 2. The highest BCUT2D eigenvalue weighted by Gasteiger charge is 2.23. The van der Waals surface area contributed by atoms with Gasteiger partial charge in [-0.15, -0.1) is 0 Å². The minimum Gasteiger partial charge on any atom is -0.396 e. The molecule has 0 saturated carbocycles. The number of rotatable bonds is 4. The summed E-state index contributed by atoms with van der Waals surface area (Å²) in [6.07, 6.45) is 3.20. The molecule has 1 aliphatic carbocycles. The molecule has 1 aromatic rings. The van der Waals surface area contributed by atoms with E-state index in [1.165, 1.54) is 29.5 Å². The molecule has 0 radical (unpaired) electrons. The van der Waals surface area contributed by atoms with Crippen molar-refractivity contribution >= 4 is 0 Å². The van der Waals surface area contributed by atoms with Gasteiger partial charge >= 0.3 is 0 Å². The second kappa shape index (κ2) is 4.98. The Morgan fingerprint density at radius 1 is 1.50 bits per heavy atom. The minimum absolute atomic E-state index is 0.265. The molecular weight excluding hydrogens is 198 g/mol. The molecule has 16 heavy (non-hydrogen) atoms. The Bertz CT molecular complexity index is 362. The molecule has 2 nitrogen and oxygen atoms in total. The standard InChI is InChI=1S/C14H21NO/c1-10-3-4-12-5-6-14(13(12)9-10)15-11(2)7-8-16/h3-4,9,11,14-16H,5-8H2,1-2H3/t11-,14?/m1/s1. The summed E-state index contributed by atoms with van der Waals surface area (Å²) in [7, 11) is 0. The van der Waals surface area contributed by atoms with Gasteiger partial charge in [0.2, 0.25) is 0 Å². The van der Waals surface area contributed by atoms with Crippen LogP contribution in [0.5, 0.6) is 0 Å².